The van der Waals surface area contributed by atoms with Gasteiger partial charge in [-0.05, 0) is 62.7 Å². The van der Waals surface area contributed by atoms with Gasteiger partial charge in [0.25, 0.3) is 0 Å². The smallest absolute Gasteiger partial charge is 0.227 e. The summed E-state index contributed by atoms with van der Waals surface area (Å²) < 4.78 is 19.2. The summed E-state index contributed by atoms with van der Waals surface area (Å²) in [5.74, 6) is 2.70. The molecule has 1 atom stereocenters. The molecular weight excluding hydrogens is 418 g/mol. The van der Waals surface area contributed by atoms with Gasteiger partial charge in [0.15, 0.2) is 11.5 Å². The van der Waals surface area contributed by atoms with Crippen molar-refractivity contribution in [2.45, 2.75) is 46.3 Å². The zero-order chi connectivity index (χ0) is 23.8. The van der Waals surface area contributed by atoms with Crippen LogP contribution in [-0.4, -0.2) is 53.2 Å². The van der Waals surface area contributed by atoms with E-state index in [-0.39, 0.29) is 0 Å². The van der Waals surface area contributed by atoms with E-state index < -0.39 is 6.10 Å². The second-order valence-corrected chi connectivity index (χ2v) is 8.03. The molecule has 0 fully saturated rings. The van der Waals surface area contributed by atoms with Gasteiger partial charge in [0.05, 0.1) is 37.3 Å². The maximum Gasteiger partial charge on any atom is 0.227 e. The van der Waals surface area contributed by atoms with Crippen LogP contribution in [0, 0.1) is 0 Å². The topological polar surface area (TPSA) is 69.0 Å². The minimum Gasteiger partial charge on any atom is -0.497 e. The molecule has 0 saturated heterocycles. The molecule has 1 aromatic heterocycles. The number of benzene rings is 2. The van der Waals surface area contributed by atoms with Crippen LogP contribution in [0.1, 0.15) is 38.4 Å². The zero-order valence-corrected chi connectivity index (χ0v) is 20.2. The minimum atomic E-state index is -0.420. The van der Waals surface area contributed by atoms with Crippen molar-refractivity contribution in [2.24, 2.45) is 0 Å². The number of para-hydroxylation sites is 2. The standard InChI is InChI=1S/C26H35N3O4/c1-6-16-28(17-19(3)30)18-22-23(7-2)27-29(20-12-14-21(31-4)15-13-20)26(22)33-25-11-9-8-10-24(25)32-5/h8-15,19,30H,6-7,16-18H2,1-5H3/t19-/m1/s1. The molecule has 178 valence electrons. The van der Waals surface area contributed by atoms with Gasteiger partial charge in [-0.15, -0.1) is 0 Å². The molecule has 0 bridgehead atoms. The van der Waals surface area contributed by atoms with E-state index in [1.165, 1.54) is 0 Å². The molecule has 7 heteroatoms. The first-order valence-corrected chi connectivity index (χ1v) is 11.5. The lowest BCUT2D eigenvalue weighted by molar-refractivity contribution is 0.121. The molecule has 0 unspecified atom stereocenters. The molecule has 3 aromatic rings. The Kier molecular flexibility index (Phi) is 8.74. The van der Waals surface area contributed by atoms with Gasteiger partial charge in [0.1, 0.15) is 5.75 Å². The molecule has 3 rings (SSSR count). The predicted octanol–water partition coefficient (Wildman–Crippen LogP) is 4.84. The Hall–Kier alpha value is -3.03. The Morgan fingerprint density at radius 2 is 1.70 bits per heavy atom. The fourth-order valence-corrected chi connectivity index (χ4v) is 3.88. The fraction of sp³-hybridized carbons (Fsp3) is 0.423. The first-order chi connectivity index (χ1) is 16.0. The minimum absolute atomic E-state index is 0.420. The van der Waals surface area contributed by atoms with Crippen LogP contribution in [0.3, 0.4) is 0 Å². The Balaban J connectivity index is 2.12. The number of hydrogen-bond acceptors (Lipinski definition) is 6. The van der Waals surface area contributed by atoms with Crippen molar-refractivity contribution in [1.82, 2.24) is 14.7 Å². The third-order valence-electron chi connectivity index (χ3n) is 5.39. The molecule has 1 heterocycles. The van der Waals surface area contributed by atoms with Crippen molar-refractivity contribution in [2.75, 3.05) is 27.3 Å². The van der Waals surface area contributed by atoms with Gasteiger partial charge in [0, 0.05) is 13.1 Å². The van der Waals surface area contributed by atoms with E-state index in [1.807, 2.05) is 60.1 Å². The van der Waals surface area contributed by atoms with E-state index in [0.29, 0.717) is 30.5 Å². The van der Waals surface area contributed by atoms with Crippen LogP contribution < -0.4 is 14.2 Å². The Bertz CT molecular complexity index is 1010. The SMILES string of the molecule is CCCN(Cc1c(CC)nn(-c2ccc(OC)cc2)c1Oc1ccccc1OC)C[C@@H](C)O. The van der Waals surface area contributed by atoms with Gasteiger partial charge >= 0.3 is 0 Å². The summed E-state index contributed by atoms with van der Waals surface area (Å²) in [7, 11) is 3.28. The van der Waals surface area contributed by atoms with E-state index in [2.05, 4.69) is 18.7 Å². The number of methoxy groups -OCH3 is 2. The highest BCUT2D eigenvalue weighted by atomic mass is 16.5. The van der Waals surface area contributed by atoms with E-state index >= 15 is 0 Å². The van der Waals surface area contributed by atoms with E-state index in [9.17, 15) is 5.11 Å². The zero-order valence-electron chi connectivity index (χ0n) is 20.2. The number of nitrogens with zero attached hydrogens (tertiary/aromatic N) is 3. The molecule has 1 N–H and O–H groups in total. The highest BCUT2D eigenvalue weighted by molar-refractivity contribution is 5.48. The van der Waals surface area contributed by atoms with Gasteiger partial charge in [-0.2, -0.15) is 5.10 Å². The average Bonchev–Trinajstić information content (AvgIpc) is 3.16. The van der Waals surface area contributed by atoms with Crippen molar-refractivity contribution < 1.29 is 19.3 Å². The van der Waals surface area contributed by atoms with Crippen molar-refractivity contribution in [1.29, 1.82) is 0 Å². The summed E-state index contributed by atoms with van der Waals surface area (Å²) in [5, 5.41) is 15.0. The number of aryl methyl sites for hydroxylation is 1. The normalized spacial score (nSPS) is 12.1. The number of hydrogen-bond donors (Lipinski definition) is 1. The lowest BCUT2D eigenvalue weighted by Crippen LogP contribution is -2.31. The number of aromatic nitrogens is 2. The van der Waals surface area contributed by atoms with Gasteiger partial charge in [-0.25, -0.2) is 4.68 Å². The number of ether oxygens (including phenoxy) is 3. The second-order valence-electron chi connectivity index (χ2n) is 8.03. The number of rotatable bonds is 12. The Morgan fingerprint density at radius 3 is 2.27 bits per heavy atom. The monoisotopic (exact) mass is 453 g/mol. The van der Waals surface area contributed by atoms with Crippen LogP contribution in [0.25, 0.3) is 5.69 Å². The third kappa shape index (κ3) is 6.06. The number of aliphatic hydroxyl groups excluding tert-OH is 1. The van der Waals surface area contributed by atoms with Crippen LogP contribution in [0.2, 0.25) is 0 Å². The van der Waals surface area contributed by atoms with Crippen LogP contribution in [0.5, 0.6) is 23.1 Å². The third-order valence-corrected chi connectivity index (χ3v) is 5.39. The van der Waals surface area contributed by atoms with Crippen molar-refractivity contribution in [3.63, 3.8) is 0 Å². The van der Waals surface area contributed by atoms with Gasteiger partial charge in [0.2, 0.25) is 5.88 Å². The molecule has 0 radical (unpaired) electrons. The van der Waals surface area contributed by atoms with E-state index in [1.54, 1.807) is 14.2 Å². The highest BCUT2D eigenvalue weighted by Gasteiger charge is 2.24. The summed E-state index contributed by atoms with van der Waals surface area (Å²) in [6, 6.07) is 15.3. The maximum atomic E-state index is 10.0. The fourth-order valence-electron chi connectivity index (χ4n) is 3.88. The first-order valence-electron chi connectivity index (χ1n) is 11.5. The van der Waals surface area contributed by atoms with E-state index in [0.717, 1.165) is 42.1 Å². The maximum absolute atomic E-state index is 10.0. The predicted molar refractivity (Wildman–Crippen MR) is 130 cm³/mol. The molecule has 33 heavy (non-hydrogen) atoms. The van der Waals surface area contributed by atoms with Crippen LogP contribution in [0.15, 0.2) is 48.5 Å². The quantitative estimate of drug-likeness (QED) is 0.423. The summed E-state index contributed by atoms with van der Waals surface area (Å²) in [4.78, 5) is 2.24. The van der Waals surface area contributed by atoms with Crippen LogP contribution >= 0.6 is 0 Å². The molecular formula is C26H35N3O4. The largest absolute Gasteiger partial charge is 0.497 e. The Morgan fingerprint density at radius 1 is 1.00 bits per heavy atom. The van der Waals surface area contributed by atoms with E-state index in [4.69, 9.17) is 19.3 Å². The lowest BCUT2D eigenvalue weighted by Gasteiger charge is -2.24. The average molecular weight is 454 g/mol. The lowest BCUT2D eigenvalue weighted by atomic mass is 10.1. The molecule has 0 aliphatic carbocycles. The summed E-state index contributed by atoms with van der Waals surface area (Å²) in [5.41, 5.74) is 2.84. The van der Waals surface area contributed by atoms with Crippen LogP contribution in [0.4, 0.5) is 0 Å². The number of aliphatic hydroxyl groups is 1. The summed E-state index contributed by atoms with van der Waals surface area (Å²) >= 11 is 0. The molecule has 0 aliphatic rings. The van der Waals surface area contributed by atoms with Crippen molar-refractivity contribution in [3.8, 4) is 28.8 Å². The molecule has 0 saturated carbocycles. The highest BCUT2D eigenvalue weighted by Crippen LogP contribution is 2.36. The molecule has 0 amide bonds. The summed E-state index contributed by atoms with van der Waals surface area (Å²) in [6.07, 6.45) is 1.33. The molecule has 2 aromatic carbocycles. The van der Waals surface area contributed by atoms with Gasteiger partial charge < -0.3 is 19.3 Å². The van der Waals surface area contributed by atoms with Gasteiger partial charge in [-0.1, -0.05) is 26.0 Å². The van der Waals surface area contributed by atoms with Crippen LogP contribution in [-0.2, 0) is 13.0 Å². The molecule has 7 nitrogen and oxygen atoms in total. The summed E-state index contributed by atoms with van der Waals surface area (Å²) in [6.45, 7) is 8.13. The second kappa shape index (κ2) is 11.7. The van der Waals surface area contributed by atoms with Gasteiger partial charge in [-0.3, -0.25) is 4.90 Å². The first kappa shape index (κ1) is 24.6. The Labute approximate surface area is 196 Å². The van der Waals surface area contributed by atoms with Crippen molar-refractivity contribution >= 4 is 0 Å². The van der Waals surface area contributed by atoms with Crippen molar-refractivity contribution in [3.05, 3.63) is 59.8 Å². The molecule has 0 spiro atoms. The molecule has 0 aliphatic heterocycles.